The summed E-state index contributed by atoms with van der Waals surface area (Å²) >= 11 is 0. The minimum atomic E-state index is -4.24. The molecular weight excluding hydrogens is 468 g/mol. The second kappa shape index (κ2) is 10.2. The zero-order valence-electron chi connectivity index (χ0n) is 17.5. The smallest absolute Gasteiger partial charge is 0.297 e. The molecule has 2 fully saturated rings. The fraction of sp³-hybridized carbons (Fsp3) is 0.684. The zero-order chi connectivity index (χ0) is 24.6. The minimum Gasteiger partial charge on any atom is -0.394 e. The quantitative estimate of drug-likeness (QED) is 0.173. The summed E-state index contributed by atoms with van der Waals surface area (Å²) in [6, 6.07) is 5.77. The Balaban J connectivity index is 1.72. The van der Waals surface area contributed by atoms with Crippen LogP contribution in [0.4, 0.5) is 0 Å². The third-order valence-electron chi connectivity index (χ3n) is 5.59. The Morgan fingerprint density at radius 3 is 2.15 bits per heavy atom. The molecule has 33 heavy (non-hydrogen) atoms. The monoisotopic (exact) mass is 496 g/mol. The lowest BCUT2D eigenvalue weighted by atomic mass is 9.99. The van der Waals surface area contributed by atoms with Gasteiger partial charge in [0, 0.05) is 0 Å². The lowest BCUT2D eigenvalue weighted by molar-refractivity contribution is -0.383. The van der Waals surface area contributed by atoms with Crippen molar-refractivity contribution in [1.29, 1.82) is 0 Å². The van der Waals surface area contributed by atoms with Crippen molar-refractivity contribution in [3.05, 3.63) is 29.8 Å². The second-order valence-electron chi connectivity index (χ2n) is 7.93. The summed E-state index contributed by atoms with van der Waals surface area (Å²) < 4.78 is 45.6. The number of rotatable bonds is 8. The third-order valence-corrected chi connectivity index (χ3v) is 6.88. The molecule has 0 radical (unpaired) electrons. The highest BCUT2D eigenvalue weighted by Gasteiger charge is 2.58. The number of aliphatic hydroxyl groups excluding tert-OH is 7. The predicted molar refractivity (Wildman–Crippen MR) is 106 cm³/mol. The molecule has 2 aliphatic heterocycles. The fourth-order valence-corrected chi connectivity index (χ4v) is 4.47. The van der Waals surface area contributed by atoms with E-state index in [1.54, 1.807) is 19.1 Å². The SMILES string of the molecule is Cc1ccc(S(=O)(=O)OC[C@H]2O[C@@](CO)(O[C@H]3O[C@H](CO)[C@@H](O)[C@H](O)[C@H]3O)[C@@H](O)[C@@H]2O)cc1. The summed E-state index contributed by atoms with van der Waals surface area (Å²) in [6.45, 7) is -0.822. The fourth-order valence-electron chi connectivity index (χ4n) is 3.55. The van der Waals surface area contributed by atoms with Gasteiger partial charge in [-0.2, -0.15) is 8.42 Å². The Kier molecular flexibility index (Phi) is 8.10. The van der Waals surface area contributed by atoms with Crippen molar-refractivity contribution < 1.29 is 62.6 Å². The van der Waals surface area contributed by atoms with Gasteiger partial charge in [-0.15, -0.1) is 0 Å². The molecule has 2 aliphatic rings. The zero-order valence-corrected chi connectivity index (χ0v) is 18.4. The van der Waals surface area contributed by atoms with E-state index < -0.39 is 84.7 Å². The molecule has 1 aromatic carbocycles. The van der Waals surface area contributed by atoms with Gasteiger partial charge in [-0.1, -0.05) is 17.7 Å². The summed E-state index contributed by atoms with van der Waals surface area (Å²) in [6.07, 6.45) is -13.7. The Labute approximate surface area is 189 Å². The van der Waals surface area contributed by atoms with Crippen molar-refractivity contribution in [3.8, 4) is 0 Å². The van der Waals surface area contributed by atoms with Crippen molar-refractivity contribution in [2.75, 3.05) is 19.8 Å². The summed E-state index contributed by atoms with van der Waals surface area (Å²) in [5.41, 5.74) is 0.824. The Bertz CT molecular complexity index is 891. The van der Waals surface area contributed by atoms with E-state index in [1.807, 2.05) is 0 Å². The first-order valence-electron chi connectivity index (χ1n) is 10.0. The first-order chi connectivity index (χ1) is 15.5. The van der Waals surface area contributed by atoms with Crippen LogP contribution < -0.4 is 0 Å². The molecule has 3 rings (SSSR count). The number of benzene rings is 1. The summed E-state index contributed by atoms with van der Waals surface area (Å²) in [5.74, 6) is -2.41. The summed E-state index contributed by atoms with van der Waals surface area (Å²) in [7, 11) is -4.24. The van der Waals surface area contributed by atoms with Crippen LogP contribution in [0.3, 0.4) is 0 Å². The first kappa shape index (κ1) is 26.3. The van der Waals surface area contributed by atoms with Gasteiger partial charge in [-0.25, -0.2) is 0 Å². The molecule has 2 saturated heterocycles. The Morgan fingerprint density at radius 2 is 1.58 bits per heavy atom. The highest BCUT2D eigenvalue weighted by atomic mass is 32.2. The van der Waals surface area contributed by atoms with E-state index >= 15 is 0 Å². The van der Waals surface area contributed by atoms with Crippen molar-refractivity contribution in [2.24, 2.45) is 0 Å². The van der Waals surface area contributed by atoms with E-state index in [1.165, 1.54) is 12.1 Å². The van der Waals surface area contributed by atoms with Crippen LogP contribution in [-0.2, 0) is 28.5 Å². The van der Waals surface area contributed by atoms with Crippen LogP contribution in [-0.4, -0.2) is 119 Å². The maximum atomic E-state index is 12.4. The number of hydrogen-bond acceptors (Lipinski definition) is 13. The number of hydrogen-bond donors (Lipinski definition) is 7. The summed E-state index contributed by atoms with van der Waals surface area (Å²) in [4.78, 5) is -0.146. The molecule has 7 N–H and O–H groups in total. The van der Waals surface area contributed by atoms with E-state index in [2.05, 4.69) is 0 Å². The number of aryl methyl sites for hydroxylation is 1. The molecule has 0 bridgehead atoms. The molecule has 0 amide bonds. The summed E-state index contributed by atoms with van der Waals surface area (Å²) in [5, 5.41) is 69.8. The van der Waals surface area contributed by atoms with Gasteiger partial charge in [0.1, 0.15) is 49.3 Å². The standard InChI is InChI=1S/C19H28O13S/c1-9-2-4-10(5-3-9)33(27,28)29-7-12-14(23)17(26)19(8-21,31-12)32-18-16(25)15(24)13(22)11(6-20)30-18/h2-5,11-18,20-26H,6-8H2,1H3/t11-,12-,13-,14-,15+,16-,17+,18-,19+/m1/s1. The Hall–Kier alpha value is -1.27. The van der Waals surface area contributed by atoms with Crippen LogP contribution >= 0.6 is 0 Å². The second-order valence-corrected chi connectivity index (χ2v) is 9.54. The molecule has 1 aromatic rings. The van der Waals surface area contributed by atoms with Crippen LogP contribution in [0.1, 0.15) is 5.56 Å². The van der Waals surface area contributed by atoms with Crippen molar-refractivity contribution in [1.82, 2.24) is 0 Å². The highest BCUT2D eigenvalue weighted by Crippen LogP contribution is 2.36. The van der Waals surface area contributed by atoms with Gasteiger partial charge in [-0.05, 0) is 19.1 Å². The average Bonchev–Trinajstić information content (AvgIpc) is 3.03. The molecule has 13 nitrogen and oxygen atoms in total. The van der Waals surface area contributed by atoms with E-state index in [4.69, 9.17) is 18.4 Å². The van der Waals surface area contributed by atoms with Gasteiger partial charge in [0.25, 0.3) is 10.1 Å². The lowest BCUT2D eigenvalue weighted by Gasteiger charge is -2.43. The number of ether oxygens (including phenoxy) is 3. The molecule has 0 aliphatic carbocycles. The molecule has 14 heteroatoms. The van der Waals surface area contributed by atoms with Crippen LogP contribution in [0.25, 0.3) is 0 Å². The lowest BCUT2D eigenvalue weighted by Crippen LogP contribution is -2.62. The molecule has 0 unspecified atom stereocenters. The van der Waals surface area contributed by atoms with Gasteiger partial charge >= 0.3 is 0 Å². The van der Waals surface area contributed by atoms with Gasteiger partial charge in [-0.3, -0.25) is 4.18 Å². The molecule has 9 atom stereocenters. The molecular formula is C19H28O13S. The van der Waals surface area contributed by atoms with Crippen molar-refractivity contribution >= 4 is 10.1 Å². The van der Waals surface area contributed by atoms with Crippen LogP contribution in [0.5, 0.6) is 0 Å². The van der Waals surface area contributed by atoms with Gasteiger partial charge in [0.05, 0.1) is 18.1 Å². The molecule has 188 valence electrons. The van der Waals surface area contributed by atoms with Crippen molar-refractivity contribution in [2.45, 2.75) is 66.6 Å². The normalized spacial score (nSPS) is 39.6. The topological polar surface area (TPSA) is 213 Å². The van der Waals surface area contributed by atoms with E-state index in [0.717, 1.165) is 5.56 Å². The minimum absolute atomic E-state index is 0.146. The van der Waals surface area contributed by atoms with Crippen LogP contribution in [0.2, 0.25) is 0 Å². The van der Waals surface area contributed by atoms with Crippen LogP contribution in [0, 0.1) is 6.92 Å². The average molecular weight is 496 g/mol. The van der Waals surface area contributed by atoms with Gasteiger partial charge in [0.2, 0.25) is 5.79 Å². The largest absolute Gasteiger partial charge is 0.394 e. The molecule has 0 saturated carbocycles. The molecule has 0 spiro atoms. The Morgan fingerprint density at radius 1 is 0.939 bits per heavy atom. The maximum Gasteiger partial charge on any atom is 0.297 e. The first-order valence-corrected chi connectivity index (χ1v) is 11.5. The highest BCUT2D eigenvalue weighted by molar-refractivity contribution is 7.86. The predicted octanol–water partition coefficient (Wildman–Crippen LogP) is -3.67. The van der Waals surface area contributed by atoms with E-state index in [-0.39, 0.29) is 4.90 Å². The van der Waals surface area contributed by atoms with Crippen LogP contribution in [0.15, 0.2) is 29.2 Å². The molecule has 2 heterocycles. The van der Waals surface area contributed by atoms with Crippen molar-refractivity contribution in [3.63, 3.8) is 0 Å². The molecule has 0 aromatic heterocycles. The maximum absolute atomic E-state index is 12.4. The van der Waals surface area contributed by atoms with E-state index in [9.17, 15) is 44.2 Å². The van der Waals surface area contributed by atoms with E-state index in [0.29, 0.717) is 0 Å². The third kappa shape index (κ3) is 5.22. The van der Waals surface area contributed by atoms with Gasteiger partial charge in [0.15, 0.2) is 6.29 Å². The van der Waals surface area contributed by atoms with Gasteiger partial charge < -0.3 is 50.0 Å². The number of aliphatic hydroxyl groups is 7.